The Morgan fingerprint density at radius 3 is 2.32 bits per heavy atom. The topological polar surface area (TPSA) is 46.1 Å². The number of ether oxygens (including phenoxy) is 2. The van der Waals surface area contributed by atoms with Gasteiger partial charge in [-0.3, -0.25) is 0 Å². The maximum absolute atomic E-state index is 5.47. The molecule has 2 rings (SSSR count). The van der Waals surface area contributed by atoms with Crippen molar-refractivity contribution >= 4 is 29.9 Å². The van der Waals surface area contributed by atoms with Gasteiger partial charge >= 0.3 is 0 Å². The lowest BCUT2D eigenvalue weighted by Crippen LogP contribution is -2.36. The van der Waals surface area contributed by atoms with Crippen molar-refractivity contribution in [1.82, 2.24) is 10.2 Å². The number of para-hydroxylation sites is 1. The first-order valence-corrected chi connectivity index (χ1v) is 7.85. The molecule has 0 amide bonds. The van der Waals surface area contributed by atoms with Crippen LogP contribution in [0.15, 0.2) is 53.5 Å². The number of hydrogen-bond acceptors (Lipinski definition) is 3. The van der Waals surface area contributed by atoms with Gasteiger partial charge in [0.15, 0.2) is 17.5 Å². The van der Waals surface area contributed by atoms with Crippen molar-refractivity contribution < 1.29 is 9.47 Å². The van der Waals surface area contributed by atoms with Crippen molar-refractivity contribution in [2.75, 3.05) is 28.3 Å². The lowest BCUT2D eigenvalue weighted by atomic mass is 10.2. The van der Waals surface area contributed by atoms with Crippen LogP contribution in [-0.4, -0.2) is 39.2 Å². The highest BCUT2D eigenvalue weighted by atomic mass is 127. The van der Waals surface area contributed by atoms with E-state index in [0.29, 0.717) is 13.1 Å². The number of halogens is 1. The fourth-order valence-electron chi connectivity index (χ4n) is 2.37. The van der Waals surface area contributed by atoms with E-state index < -0.39 is 0 Å². The quantitative estimate of drug-likeness (QED) is 0.412. The molecular formula is C19H26IN3O2. The first-order valence-electron chi connectivity index (χ1n) is 7.85. The van der Waals surface area contributed by atoms with Crippen LogP contribution in [0.4, 0.5) is 0 Å². The molecular weight excluding hydrogens is 429 g/mol. The van der Waals surface area contributed by atoms with Crippen molar-refractivity contribution in [2.24, 2.45) is 4.99 Å². The summed E-state index contributed by atoms with van der Waals surface area (Å²) in [6.07, 6.45) is 0. The minimum absolute atomic E-state index is 0. The van der Waals surface area contributed by atoms with Crippen LogP contribution in [-0.2, 0) is 13.1 Å². The molecule has 0 saturated carbocycles. The number of benzene rings is 2. The second-order valence-electron chi connectivity index (χ2n) is 5.53. The van der Waals surface area contributed by atoms with E-state index in [1.807, 2.05) is 55.4 Å². The Kier molecular flexibility index (Phi) is 9.12. The largest absolute Gasteiger partial charge is 0.493 e. The Morgan fingerprint density at radius 1 is 1.00 bits per heavy atom. The van der Waals surface area contributed by atoms with E-state index in [9.17, 15) is 0 Å². The summed E-state index contributed by atoms with van der Waals surface area (Å²) in [5.41, 5.74) is 2.20. The van der Waals surface area contributed by atoms with Crippen LogP contribution in [0.3, 0.4) is 0 Å². The molecule has 0 aliphatic heterocycles. The molecule has 2 aromatic carbocycles. The van der Waals surface area contributed by atoms with Crippen molar-refractivity contribution in [1.29, 1.82) is 0 Å². The van der Waals surface area contributed by atoms with E-state index in [4.69, 9.17) is 9.47 Å². The summed E-state index contributed by atoms with van der Waals surface area (Å²) in [5.74, 6) is 2.29. The third-order valence-electron chi connectivity index (χ3n) is 3.60. The number of nitrogens with one attached hydrogen (secondary N) is 1. The van der Waals surface area contributed by atoms with Gasteiger partial charge in [-0.05, 0) is 11.6 Å². The molecule has 0 radical (unpaired) electrons. The highest BCUT2D eigenvalue weighted by Gasteiger charge is 2.10. The Labute approximate surface area is 167 Å². The summed E-state index contributed by atoms with van der Waals surface area (Å²) >= 11 is 0. The Bertz CT molecular complexity index is 676. The highest BCUT2D eigenvalue weighted by Crippen LogP contribution is 2.30. The van der Waals surface area contributed by atoms with Crippen LogP contribution in [0.1, 0.15) is 11.1 Å². The summed E-state index contributed by atoms with van der Waals surface area (Å²) in [6.45, 7) is 1.24. The molecule has 0 spiro atoms. The molecule has 0 aliphatic carbocycles. The second-order valence-corrected chi connectivity index (χ2v) is 5.53. The number of hydrogen-bond donors (Lipinski definition) is 1. The Morgan fingerprint density at radius 2 is 1.72 bits per heavy atom. The minimum Gasteiger partial charge on any atom is -0.493 e. The Hall–Kier alpha value is -1.96. The molecule has 0 fully saturated rings. The molecule has 6 heteroatoms. The van der Waals surface area contributed by atoms with E-state index in [0.717, 1.165) is 23.0 Å². The van der Waals surface area contributed by atoms with E-state index in [1.165, 1.54) is 5.56 Å². The van der Waals surface area contributed by atoms with Gasteiger partial charge in [-0.1, -0.05) is 42.5 Å². The molecule has 0 heterocycles. The zero-order chi connectivity index (χ0) is 17.4. The van der Waals surface area contributed by atoms with Crippen molar-refractivity contribution in [3.8, 4) is 11.5 Å². The third-order valence-corrected chi connectivity index (χ3v) is 3.60. The molecule has 1 N–H and O–H groups in total. The molecule has 5 nitrogen and oxygen atoms in total. The number of guanidine groups is 1. The monoisotopic (exact) mass is 455 g/mol. The van der Waals surface area contributed by atoms with Gasteiger partial charge in [0, 0.05) is 26.2 Å². The van der Waals surface area contributed by atoms with Crippen LogP contribution in [0.2, 0.25) is 0 Å². The zero-order valence-electron chi connectivity index (χ0n) is 15.2. The zero-order valence-corrected chi connectivity index (χ0v) is 17.5. The predicted octanol–water partition coefficient (Wildman–Crippen LogP) is 3.53. The third kappa shape index (κ3) is 6.12. The smallest absolute Gasteiger partial charge is 0.194 e. The van der Waals surface area contributed by atoms with E-state index in [-0.39, 0.29) is 24.0 Å². The average Bonchev–Trinajstić information content (AvgIpc) is 2.61. The summed E-state index contributed by atoms with van der Waals surface area (Å²) < 4.78 is 10.8. The summed E-state index contributed by atoms with van der Waals surface area (Å²) in [7, 11) is 7.23. The molecule has 25 heavy (non-hydrogen) atoms. The molecule has 0 atom stereocenters. The molecule has 0 unspecified atom stereocenters. The normalized spacial score (nSPS) is 10.6. The van der Waals surface area contributed by atoms with Crippen molar-refractivity contribution in [2.45, 2.75) is 13.1 Å². The van der Waals surface area contributed by atoms with Crippen molar-refractivity contribution in [3.05, 3.63) is 59.7 Å². The van der Waals surface area contributed by atoms with Crippen LogP contribution in [0.25, 0.3) is 0 Å². The summed E-state index contributed by atoms with van der Waals surface area (Å²) in [4.78, 5) is 6.63. The van der Waals surface area contributed by atoms with Crippen LogP contribution in [0, 0.1) is 0 Å². The molecule has 0 bridgehead atoms. The fraction of sp³-hybridized carbons (Fsp3) is 0.316. The van der Waals surface area contributed by atoms with Crippen LogP contribution in [0.5, 0.6) is 11.5 Å². The average molecular weight is 455 g/mol. The van der Waals surface area contributed by atoms with E-state index in [2.05, 4.69) is 22.4 Å². The first kappa shape index (κ1) is 21.1. The maximum Gasteiger partial charge on any atom is 0.194 e. The molecule has 2 aromatic rings. The predicted molar refractivity (Wildman–Crippen MR) is 113 cm³/mol. The van der Waals surface area contributed by atoms with Gasteiger partial charge < -0.3 is 19.7 Å². The van der Waals surface area contributed by atoms with E-state index in [1.54, 1.807) is 14.2 Å². The molecule has 0 aromatic heterocycles. The standard InChI is InChI=1S/C19H25N3O2.HI/c1-22(2)19(20-13-15-9-6-5-7-10-15)21-14-16-11-8-12-17(23-3)18(16)24-4;/h5-12H,13-14H2,1-4H3,(H,20,21);1H. The highest BCUT2D eigenvalue weighted by molar-refractivity contribution is 14.0. The van der Waals surface area contributed by atoms with Gasteiger partial charge in [-0.25, -0.2) is 4.99 Å². The minimum atomic E-state index is 0. The van der Waals surface area contributed by atoms with Gasteiger partial charge in [0.25, 0.3) is 0 Å². The van der Waals surface area contributed by atoms with Gasteiger partial charge in [-0.15, -0.1) is 24.0 Å². The SMILES string of the molecule is COc1cccc(CNC(=NCc2ccccc2)N(C)C)c1OC.I. The van der Waals surface area contributed by atoms with Crippen molar-refractivity contribution in [3.63, 3.8) is 0 Å². The fourth-order valence-corrected chi connectivity index (χ4v) is 2.37. The lowest BCUT2D eigenvalue weighted by Gasteiger charge is -2.19. The number of nitrogens with zero attached hydrogens (tertiary/aromatic N) is 2. The number of methoxy groups -OCH3 is 2. The van der Waals surface area contributed by atoms with Gasteiger partial charge in [-0.2, -0.15) is 0 Å². The van der Waals surface area contributed by atoms with Gasteiger partial charge in [0.2, 0.25) is 0 Å². The van der Waals surface area contributed by atoms with Crippen LogP contribution >= 0.6 is 24.0 Å². The molecule has 0 aliphatic rings. The molecule has 136 valence electrons. The molecule has 0 saturated heterocycles. The lowest BCUT2D eigenvalue weighted by molar-refractivity contribution is 0.351. The van der Waals surface area contributed by atoms with Gasteiger partial charge in [0.05, 0.1) is 20.8 Å². The summed E-state index contributed by atoms with van der Waals surface area (Å²) in [6, 6.07) is 16.0. The van der Waals surface area contributed by atoms with E-state index >= 15 is 0 Å². The number of rotatable bonds is 6. The van der Waals surface area contributed by atoms with Gasteiger partial charge in [0.1, 0.15) is 0 Å². The Balaban J connectivity index is 0.00000312. The number of aliphatic imine (C=N–C) groups is 1. The first-order chi connectivity index (χ1) is 11.7. The summed E-state index contributed by atoms with van der Waals surface area (Å²) in [5, 5.41) is 3.37. The second kappa shape index (κ2) is 10.8. The maximum atomic E-state index is 5.47. The van der Waals surface area contributed by atoms with Crippen LogP contribution < -0.4 is 14.8 Å².